The molecule has 0 unspecified atom stereocenters. The number of anilines is 3. The Kier molecular flexibility index (Phi) is 5.06. The summed E-state index contributed by atoms with van der Waals surface area (Å²) >= 11 is 0. The molecule has 0 saturated carbocycles. The second-order valence-corrected chi connectivity index (χ2v) is 5.77. The van der Waals surface area contributed by atoms with Crippen LogP contribution in [0.2, 0.25) is 0 Å². The van der Waals surface area contributed by atoms with E-state index in [0.29, 0.717) is 12.4 Å². The Morgan fingerprint density at radius 2 is 1.69 bits per heavy atom. The zero-order valence-corrected chi connectivity index (χ0v) is 14.0. The van der Waals surface area contributed by atoms with E-state index in [0.717, 1.165) is 11.6 Å². The lowest BCUT2D eigenvalue weighted by Crippen LogP contribution is -2.10. The first-order chi connectivity index (χ1) is 12.4. The van der Waals surface area contributed by atoms with Crippen molar-refractivity contribution in [3.8, 4) is 0 Å². The third-order valence-corrected chi connectivity index (χ3v) is 3.73. The van der Waals surface area contributed by atoms with Gasteiger partial charge in [-0.1, -0.05) is 42.0 Å². The summed E-state index contributed by atoms with van der Waals surface area (Å²) in [4.78, 5) is 8.22. The molecule has 0 aliphatic carbocycles. The number of nitrogens with zero attached hydrogens (tertiary/aromatic N) is 2. The quantitative estimate of drug-likeness (QED) is 0.661. The zero-order valence-electron chi connectivity index (χ0n) is 14.0. The molecule has 7 heteroatoms. The summed E-state index contributed by atoms with van der Waals surface area (Å²) in [5, 5.41) is 5.78. The second kappa shape index (κ2) is 7.43. The Hall–Kier alpha value is -3.09. The lowest BCUT2D eigenvalue weighted by Gasteiger charge is -2.14. The Labute approximate surface area is 149 Å². The van der Waals surface area contributed by atoms with Gasteiger partial charge < -0.3 is 10.6 Å². The number of alkyl halides is 3. The first-order valence-corrected chi connectivity index (χ1v) is 7.97. The maximum atomic E-state index is 13.1. The molecule has 3 rings (SSSR count). The van der Waals surface area contributed by atoms with Gasteiger partial charge in [0.25, 0.3) is 0 Å². The molecule has 2 aromatic carbocycles. The van der Waals surface area contributed by atoms with Crippen LogP contribution in [0.4, 0.5) is 30.6 Å². The van der Waals surface area contributed by atoms with Crippen molar-refractivity contribution in [2.75, 3.05) is 10.6 Å². The van der Waals surface area contributed by atoms with Crippen LogP contribution in [0.5, 0.6) is 0 Å². The van der Waals surface area contributed by atoms with Crippen molar-refractivity contribution < 1.29 is 13.2 Å². The summed E-state index contributed by atoms with van der Waals surface area (Å²) in [5.41, 5.74) is 1.40. The predicted octanol–water partition coefficient (Wildman–Crippen LogP) is 5.16. The predicted molar refractivity (Wildman–Crippen MR) is 95.3 cm³/mol. The smallest absolute Gasteiger partial charge is 0.366 e. The summed E-state index contributed by atoms with van der Waals surface area (Å²) in [7, 11) is 0. The molecule has 0 radical (unpaired) electrons. The number of benzene rings is 2. The molecule has 3 aromatic rings. The van der Waals surface area contributed by atoms with E-state index in [1.807, 2.05) is 31.2 Å². The van der Waals surface area contributed by atoms with E-state index in [1.165, 1.54) is 30.0 Å². The van der Waals surface area contributed by atoms with Crippen LogP contribution in [-0.4, -0.2) is 9.97 Å². The molecular formula is C19H17F3N4. The molecule has 0 aliphatic heterocycles. The van der Waals surface area contributed by atoms with Crippen LogP contribution >= 0.6 is 0 Å². The number of halogens is 3. The standard InChI is InChI=1S/C19H17F3N4/c1-13-6-8-14(9-7-13)12-24-17-10-11-23-18(26-17)25-16-5-3-2-4-15(16)19(20,21)22/h2-11H,12H2,1H3,(H2,23,24,25,26). The number of nitrogens with one attached hydrogen (secondary N) is 2. The van der Waals surface area contributed by atoms with Gasteiger partial charge in [0, 0.05) is 12.7 Å². The molecule has 0 amide bonds. The molecule has 0 fully saturated rings. The average Bonchev–Trinajstić information content (AvgIpc) is 2.61. The normalized spacial score (nSPS) is 11.2. The van der Waals surface area contributed by atoms with E-state index in [1.54, 1.807) is 6.07 Å². The van der Waals surface area contributed by atoms with Crippen LogP contribution in [-0.2, 0) is 12.7 Å². The first-order valence-electron chi connectivity index (χ1n) is 7.97. The van der Waals surface area contributed by atoms with Gasteiger partial charge in [-0.2, -0.15) is 18.2 Å². The van der Waals surface area contributed by atoms with Gasteiger partial charge in [0.2, 0.25) is 5.95 Å². The monoisotopic (exact) mass is 358 g/mol. The first kappa shape index (κ1) is 17.7. The lowest BCUT2D eigenvalue weighted by molar-refractivity contribution is -0.136. The van der Waals surface area contributed by atoms with Gasteiger partial charge in [0.1, 0.15) is 5.82 Å². The van der Waals surface area contributed by atoms with Gasteiger partial charge in [-0.25, -0.2) is 4.98 Å². The summed E-state index contributed by atoms with van der Waals surface area (Å²) in [5.74, 6) is 0.614. The Bertz CT molecular complexity index is 876. The van der Waals surface area contributed by atoms with E-state index in [4.69, 9.17) is 0 Å². The SMILES string of the molecule is Cc1ccc(CNc2ccnc(Nc3ccccc3C(F)(F)F)n2)cc1. The number of aromatic nitrogens is 2. The van der Waals surface area contributed by atoms with E-state index < -0.39 is 11.7 Å². The molecule has 0 saturated heterocycles. The molecule has 2 N–H and O–H groups in total. The molecule has 134 valence electrons. The van der Waals surface area contributed by atoms with E-state index >= 15 is 0 Å². The minimum atomic E-state index is -4.45. The molecule has 0 atom stereocenters. The van der Waals surface area contributed by atoms with Crippen molar-refractivity contribution in [3.63, 3.8) is 0 Å². The van der Waals surface area contributed by atoms with Crippen molar-refractivity contribution in [2.45, 2.75) is 19.6 Å². The topological polar surface area (TPSA) is 49.8 Å². The van der Waals surface area contributed by atoms with Crippen molar-refractivity contribution >= 4 is 17.5 Å². The van der Waals surface area contributed by atoms with Gasteiger partial charge in [0.05, 0.1) is 11.3 Å². The highest BCUT2D eigenvalue weighted by Gasteiger charge is 2.33. The highest BCUT2D eigenvalue weighted by molar-refractivity contribution is 5.60. The molecule has 1 heterocycles. The van der Waals surface area contributed by atoms with Crippen molar-refractivity contribution in [1.29, 1.82) is 0 Å². The molecule has 4 nitrogen and oxygen atoms in total. The number of hydrogen-bond donors (Lipinski definition) is 2. The van der Waals surface area contributed by atoms with Gasteiger partial charge in [-0.15, -0.1) is 0 Å². The van der Waals surface area contributed by atoms with Crippen molar-refractivity contribution in [2.24, 2.45) is 0 Å². The van der Waals surface area contributed by atoms with Crippen molar-refractivity contribution in [3.05, 3.63) is 77.5 Å². The van der Waals surface area contributed by atoms with E-state index in [9.17, 15) is 13.2 Å². The maximum absolute atomic E-state index is 13.1. The molecule has 26 heavy (non-hydrogen) atoms. The summed E-state index contributed by atoms with van der Waals surface area (Å²) in [6.07, 6.45) is -2.96. The van der Waals surface area contributed by atoms with E-state index in [-0.39, 0.29) is 11.6 Å². The van der Waals surface area contributed by atoms with Crippen LogP contribution in [0.15, 0.2) is 60.8 Å². The zero-order chi connectivity index (χ0) is 18.6. The van der Waals surface area contributed by atoms with Crippen molar-refractivity contribution in [1.82, 2.24) is 9.97 Å². The third kappa shape index (κ3) is 4.50. The summed E-state index contributed by atoms with van der Waals surface area (Å²) in [6.45, 7) is 2.56. The van der Waals surface area contributed by atoms with Gasteiger partial charge in [-0.3, -0.25) is 0 Å². The molecular weight excluding hydrogens is 341 g/mol. The number of aryl methyl sites for hydroxylation is 1. The molecule has 0 aliphatic rings. The van der Waals surface area contributed by atoms with Gasteiger partial charge in [0.15, 0.2) is 0 Å². The van der Waals surface area contributed by atoms with E-state index in [2.05, 4.69) is 20.6 Å². The number of hydrogen-bond acceptors (Lipinski definition) is 4. The minimum absolute atomic E-state index is 0.0873. The largest absolute Gasteiger partial charge is 0.418 e. The number of rotatable bonds is 5. The fourth-order valence-corrected chi connectivity index (χ4v) is 2.38. The molecule has 0 bridgehead atoms. The fourth-order valence-electron chi connectivity index (χ4n) is 2.38. The lowest BCUT2D eigenvalue weighted by atomic mass is 10.1. The number of para-hydroxylation sites is 1. The highest BCUT2D eigenvalue weighted by Crippen LogP contribution is 2.35. The van der Waals surface area contributed by atoms with Crippen LogP contribution in [0.25, 0.3) is 0 Å². The fraction of sp³-hybridized carbons (Fsp3) is 0.158. The summed E-state index contributed by atoms with van der Waals surface area (Å²) in [6, 6.07) is 14.9. The Morgan fingerprint density at radius 1 is 0.962 bits per heavy atom. The second-order valence-electron chi connectivity index (χ2n) is 5.77. The maximum Gasteiger partial charge on any atom is 0.418 e. The van der Waals surface area contributed by atoms with Crippen LogP contribution in [0, 0.1) is 6.92 Å². The van der Waals surface area contributed by atoms with Crippen LogP contribution < -0.4 is 10.6 Å². The molecule has 0 spiro atoms. The van der Waals surface area contributed by atoms with Gasteiger partial charge >= 0.3 is 6.18 Å². The summed E-state index contributed by atoms with van der Waals surface area (Å²) < 4.78 is 39.2. The third-order valence-electron chi connectivity index (χ3n) is 3.73. The van der Waals surface area contributed by atoms with Crippen LogP contribution in [0.3, 0.4) is 0 Å². The Balaban J connectivity index is 1.73. The average molecular weight is 358 g/mol. The van der Waals surface area contributed by atoms with Gasteiger partial charge in [-0.05, 0) is 30.7 Å². The Morgan fingerprint density at radius 3 is 2.42 bits per heavy atom. The molecule has 1 aromatic heterocycles. The minimum Gasteiger partial charge on any atom is -0.366 e. The van der Waals surface area contributed by atoms with Crippen LogP contribution in [0.1, 0.15) is 16.7 Å². The highest BCUT2D eigenvalue weighted by atomic mass is 19.4.